The number of thioether (sulfide) groups is 1. The molecule has 3 aromatic carbocycles. The second-order valence-electron chi connectivity index (χ2n) is 7.27. The van der Waals surface area contributed by atoms with Crippen molar-refractivity contribution in [2.75, 3.05) is 11.1 Å². The molecular weight excluding hydrogens is 406 g/mol. The second-order valence-corrected chi connectivity index (χ2v) is 8.22. The van der Waals surface area contributed by atoms with Crippen LogP contribution < -0.4 is 10.9 Å². The zero-order chi connectivity index (χ0) is 21.8. The number of amides is 1. The van der Waals surface area contributed by atoms with Gasteiger partial charge in [0.2, 0.25) is 5.91 Å². The van der Waals surface area contributed by atoms with Crippen LogP contribution in [0, 0.1) is 6.92 Å². The van der Waals surface area contributed by atoms with Crippen LogP contribution in [0.4, 0.5) is 5.69 Å². The van der Waals surface area contributed by atoms with Gasteiger partial charge in [0.15, 0.2) is 5.16 Å². The third-order valence-corrected chi connectivity index (χ3v) is 5.95. The summed E-state index contributed by atoms with van der Waals surface area (Å²) in [6.45, 7) is 4.09. The Bertz CT molecular complexity index is 1280. The third-order valence-electron chi connectivity index (χ3n) is 5.02. The van der Waals surface area contributed by atoms with Crippen LogP contribution in [-0.2, 0) is 11.2 Å². The van der Waals surface area contributed by atoms with E-state index in [1.807, 2.05) is 73.7 Å². The molecule has 0 saturated heterocycles. The maximum absolute atomic E-state index is 13.3. The fourth-order valence-corrected chi connectivity index (χ4v) is 4.09. The molecule has 31 heavy (non-hydrogen) atoms. The predicted molar refractivity (Wildman–Crippen MR) is 127 cm³/mol. The lowest BCUT2D eigenvalue weighted by Crippen LogP contribution is -2.23. The molecule has 0 aliphatic heterocycles. The number of anilines is 1. The Morgan fingerprint density at radius 3 is 2.42 bits per heavy atom. The normalized spacial score (nSPS) is 10.9. The highest BCUT2D eigenvalue weighted by Crippen LogP contribution is 2.22. The number of aromatic nitrogens is 2. The van der Waals surface area contributed by atoms with E-state index < -0.39 is 0 Å². The van der Waals surface area contributed by atoms with Gasteiger partial charge in [-0.05, 0) is 55.3 Å². The fourth-order valence-electron chi connectivity index (χ4n) is 3.28. The van der Waals surface area contributed by atoms with Crippen molar-refractivity contribution >= 4 is 34.3 Å². The number of fused-ring (bicyclic) bond motifs is 1. The zero-order valence-corrected chi connectivity index (χ0v) is 18.3. The van der Waals surface area contributed by atoms with Crippen LogP contribution in [0.25, 0.3) is 16.6 Å². The van der Waals surface area contributed by atoms with Crippen molar-refractivity contribution < 1.29 is 4.79 Å². The molecule has 5 nitrogen and oxygen atoms in total. The molecule has 1 heterocycles. The molecule has 0 radical (unpaired) electrons. The maximum Gasteiger partial charge on any atom is 0.266 e. The second kappa shape index (κ2) is 9.18. The molecule has 4 rings (SSSR count). The molecule has 1 aromatic heterocycles. The summed E-state index contributed by atoms with van der Waals surface area (Å²) in [5, 5.41) is 3.93. The molecule has 0 aliphatic carbocycles. The van der Waals surface area contributed by atoms with Crippen molar-refractivity contribution in [1.82, 2.24) is 9.55 Å². The third kappa shape index (κ3) is 4.70. The molecule has 0 unspecified atom stereocenters. The number of para-hydroxylation sites is 1. The van der Waals surface area contributed by atoms with Gasteiger partial charge in [0.25, 0.3) is 5.56 Å². The predicted octanol–water partition coefficient (Wildman–Crippen LogP) is 4.99. The van der Waals surface area contributed by atoms with Gasteiger partial charge in [-0.25, -0.2) is 4.98 Å². The molecule has 1 N–H and O–H groups in total. The summed E-state index contributed by atoms with van der Waals surface area (Å²) in [5.41, 5.74) is 4.28. The van der Waals surface area contributed by atoms with Crippen LogP contribution in [0.2, 0.25) is 0 Å². The summed E-state index contributed by atoms with van der Waals surface area (Å²) in [7, 11) is 0. The Kier molecular flexibility index (Phi) is 6.18. The van der Waals surface area contributed by atoms with Gasteiger partial charge in [-0.15, -0.1) is 0 Å². The largest absolute Gasteiger partial charge is 0.325 e. The van der Waals surface area contributed by atoms with Crippen LogP contribution >= 0.6 is 11.8 Å². The van der Waals surface area contributed by atoms with E-state index in [0.29, 0.717) is 16.1 Å². The number of benzene rings is 3. The van der Waals surface area contributed by atoms with E-state index in [-0.39, 0.29) is 17.2 Å². The van der Waals surface area contributed by atoms with Crippen LogP contribution in [0.15, 0.2) is 82.7 Å². The number of rotatable bonds is 6. The molecule has 0 spiro atoms. The van der Waals surface area contributed by atoms with E-state index in [1.165, 1.54) is 17.3 Å². The van der Waals surface area contributed by atoms with E-state index in [9.17, 15) is 9.59 Å². The van der Waals surface area contributed by atoms with E-state index in [1.54, 1.807) is 10.6 Å². The van der Waals surface area contributed by atoms with E-state index >= 15 is 0 Å². The van der Waals surface area contributed by atoms with Crippen LogP contribution in [-0.4, -0.2) is 21.2 Å². The number of nitrogens with zero attached hydrogens (tertiary/aromatic N) is 2. The molecule has 0 saturated carbocycles. The van der Waals surface area contributed by atoms with Crippen molar-refractivity contribution in [3.8, 4) is 5.69 Å². The number of hydrogen-bond donors (Lipinski definition) is 1. The van der Waals surface area contributed by atoms with E-state index in [4.69, 9.17) is 4.98 Å². The Labute approximate surface area is 185 Å². The SMILES string of the molecule is CCc1ccc(-n2c(SCC(=O)Nc3ccc(C)cc3)nc3ccccc3c2=O)cc1. The van der Waals surface area contributed by atoms with Crippen molar-refractivity contribution in [3.05, 3.63) is 94.3 Å². The molecule has 0 bridgehead atoms. The average molecular weight is 430 g/mol. The lowest BCUT2D eigenvalue weighted by molar-refractivity contribution is -0.113. The number of hydrogen-bond acceptors (Lipinski definition) is 4. The zero-order valence-electron chi connectivity index (χ0n) is 17.5. The lowest BCUT2D eigenvalue weighted by Gasteiger charge is -2.13. The summed E-state index contributed by atoms with van der Waals surface area (Å²) < 4.78 is 1.59. The standard InChI is InChI=1S/C25H23N3O2S/c1-3-18-10-14-20(15-11-18)28-24(30)21-6-4-5-7-22(21)27-25(28)31-16-23(29)26-19-12-8-17(2)9-13-19/h4-15H,3,16H2,1-2H3,(H,26,29). The van der Waals surface area contributed by atoms with Crippen LogP contribution in [0.5, 0.6) is 0 Å². The van der Waals surface area contributed by atoms with Crippen molar-refractivity contribution in [2.45, 2.75) is 25.4 Å². The summed E-state index contributed by atoms with van der Waals surface area (Å²) >= 11 is 1.25. The summed E-state index contributed by atoms with van der Waals surface area (Å²) in [4.78, 5) is 30.5. The first kappa shape index (κ1) is 20.9. The van der Waals surface area contributed by atoms with Crippen molar-refractivity contribution in [3.63, 3.8) is 0 Å². The molecule has 1 amide bonds. The van der Waals surface area contributed by atoms with Gasteiger partial charge in [0, 0.05) is 5.69 Å². The summed E-state index contributed by atoms with van der Waals surface area (Å²) in [5.74, 6) is -0.00440. The van der Waals surface area contributed by atoms with Gasteiger partial charge in [-0.3, -0.25) is 14.2 Å². The Morgan fingerprint density at radius 1 is 1.00 bits per heavy atom. The highest BCUT2D eigenvalue weighted by atomic mass is 32.2. The van der Waals surface area contributed by atoms with Gasteiger partial charge in [-0.1, -0.05) is 60.6 Å². The first-order valence-electron chi connectivity index (χ1n) is 10.2. The summed E-state index contributed by atoms with van der Waals surface area (Å²) in [6.07, 6.45) is 0.923. The highest BCUT2D eigenvalue weighted by Gasteiger charge is 2.15. The van der Waals surface area contributed by atoms with Gasteiger partial charge in [0.05, 0.1) is 22.3 Å². The van der Waals surface area contributed by atoms with Crippen molar-refractivity contribution in [2.24, 2.45) is 0 Å². The molecular formula is C25H23N3O2S. The molecule has 0 fully saturated rings. The van der Waals surface area contributed by atoms with Gasteiger partial charge in [-0.2, -0.15) is 0 Å². The quantitative estimate of drug-likeness (QED) is 0.347. The highest BCUT2D eigenvalue weighted by molar-refractivity contribution is 7.99. The lowest BCUT2D eigenvalue weighted by atomic mass is 10.1. The average Bonchev–Trinajstić information content (AvgIpc) is 2.79. The minimum atomic E-state index is -0.149. The van der Waals surface area contributed by atoms with Crippen LogP contribution in [0.1, 0.15) is 18.1 Å². The van der Waals surface area contributed by atoms with Gasteiger partial charge in [0.1, 0.15) is 0 Å². The Morgan fingerprint density at radius 2 is 1.71 bits per heavy atom. The minimum absolute atomic E-state index is 0.142. The number of carbonyl (C=O) groups excluding carboxylic acids is 1. The van der Waals surface area contributed by atoms with E-state index in [0.717, 1.165) is 23.4 Å². The summed E-state index contributed by atoms with van der Waals surface area (Å²) in [6, 6.07) is 22.8. The first-order chi connectivity index (χ1) is 15.0. The number of aryl methyl sites for hydroxylation is 2. The monoisotopic (exact) mass is 429 g/mol. The maximum atomic E-state index is 13.3. The topological polar surface area (TPSA) is 64.0 Å². The Balaban J connectivity index is 1.66. The molecule has 4 aromatic rings. The van der Waals surface area contributed by atoms with Gasteiger partial charge >= 0.3 is 0 Å². The van der Waals surface area contributed by atoms with Crippen LogP contribution in [0.3, 0.4) is 0 Å². The molecule has 0 aliphatic rings. The molecule has 156 valence electrons. The van der Waals surface area contributed by atoms with E-state index in [2.05, 4.69) is 12.2 Å². The Hall–Kier alpha value is -3.38. The van der Waals surface area contributed by atoms with Crippen molar-refractivity contribution in [1.29, 1.82) is 0 Å². The number of carbonyl (C=O) groups is 1. The fraction of sp³-hybridized carbons (Fsp3) is 0.160. The van der Waals surface area contributed by atoms with Gasteiger partial charge < -0.3 is 5.32 Å². The first-order valence-corrected chi connectivity index (χ1v) is 11.1. The smallest absolute Gasteiger partial charge is 0.266 e. The number of nitrogens with one attached hydrogen (secondary N) is 1. The molecule has 6 heteroatoms. The minimum Gasteiger partial charge on any atom is -0.325 e. The molecule has 0 atom stereocenters.